The Morgan fingerprint density at radius 3 is 2.66 bits per heavy atom. The Kier molecular flexibility index (Phi) is 5.81. The van der Waals surface area contributed by atoms with E-state index in [4.69, 9.17) is 9.15 Å². The zero-order valence-electron chi connectivity index (χ0n) is 16.2. The molecule has 0 aliphatic rings. The van der Waals surface area contributed by atoms with Crippen LogP contribution in [0.3, 0.4) is 0 Å². The molecule has 0 unspecified atom stereocenters. The molecule has 1 amide bonds. The van der Waals surface area contributed by atoms with Crippen LogP contribution < -0.4 is 5.32 Å². The van der Waals surface area contributed by atoms with Crippen LogP contribution >= 0.6 is 0 Å². The first-order chi connectivity index (χ1) is 13.8. The van der Waals surface area contributed by atoms with E-state index in [9.17, 15) is 18.4 Å². The minimum absolute atomic E-state index is 0.311. The number of hydrogen-bond donors (Lipinski definition) is 1. The van der Waals surface area contributed by atoms with Crippen molar-refractivity contribution in [2.45, 2.75) is 33.4 Å². The second-order valence-electron chi connectivity index (χ2n) is 6.61. The minimum Gasteiger partial charge on any atom is -0.467 e. The number of carbonyl (C=O) groups is 2. The lowest BCUT2D eigenvalue weighted by Gasteiger charge is -2.14. The molecular formula is C21H20F2N2O4. The summed E-state index contributed by atoms with van der Waals surface area (Å²) in [6, 6.07) is 7.96. The summed E-state index contributed by atoms with van der Waals surface area (Å²) in [7, 11) is 0. The van der Waals surface area contributed by atoms with Gasteiger partial charge in [0.25, 0.3) is 5.91 Å². The van der Waals surface area contributed by atoms with Crippen molar-refractivity contribution >= 4 is 17.6 Å². The largest absolute Gasteiger partial charge is 0.467 e. The summed E-state index contributed by atoms with van der Waals surface area (Å²) in [5.41, 5.74) is 1.47. The molecule has 3 aromatic rings. The van der Waals surface area contributed by atoms with E-state index in [1.165, 1.54) is 6.92 Å². The second-order valence-corrected chi connectivity index (χ2v) is 6.61. The molecule has 0 bridgehead atoms. The van der Waals surface area contributed by atoms with Gasteiger partial charge in [0, 0.05) is 17.5 Å². The van der Waals surface area contributed by atoms with Gasteiger partial charge in [-0.25, -0.2) is 13.6 Å². The van der Waals surface area contributed by atoms with E-state index in [2.05, 4.69) is 5.32 Å². The average molecular weight is 402 g/mol. The summed E-state index contributed by atoms with van der Waals surface area (Å²) < 4.78 is 39.4. The summed E-state index contributed by atoms with van der Waals surface area (Å²) in [5, 5.41) is 2.22. The minimum atomic E-state index is -1.21. The highest BCUT2D eigenvalue weighted by Crippen LogP contribution is 2.20. The van der Waals surface area contributed by atoms with Crippen LogP contribution in [0.25, 0.3) is 0 Å². The maximum Gasteiger partial charge on any atom is 0.340 e. The van der Waals surface area contributed by atoms with E-state index in [-0.39, 0.29) is 5.69 Å². The molecule has 8 heteroatoms. The van der Waals surface area contributed by atoms with Crippen molar-refractivity contribution in [2.24, 2.45) is 0 Å². The van der Waals surface area contributed by atoms with Gasteiger partial charge in [0.05, 0.1) is 24.1 Å². The first kappa shape index (κ1) is 20.3. The first-order valence-corrected chi connectivity index (χ1v) is 8.92. The fraction of sp³-hybridized carbons (Fsp3) is 0.238. The number of halogens is 2. The van der Waals surface area contributed by atoms with Crippen molar-refractivity contribution in [3.8, 4) is 0 Å². The van der Waals surface area contributed by atoms with E-state index in [0.717, 1.165) is 29.7 Å². The maximum atomic E-state index is 13.7. The lowest BCUT2D eigenvalue weighted by atomic mass is 10.2. The van der Waals surface area contributed by atoms with Crippen LogP contribution in [0.15, 0.2) is 47.1 Å². The van der Waals surface area contributed by atoms with E-state index >= 15 is 0 Å². The number of anilines is 1. The number of amides is 1. The van der Waals surface area contributed by atoms with Gasteiger partial charge in [-0.05, 0) is 51.1 Å². The SMILES string of the molecule is Cc1cc(C(=O)O[C@H](C)C(=O)Nc2cc(F)ccc2F)c(C)n1Cc1ccco1. The summed E-state index contributed by atoms with van der Waals surface area (Å²) in [6.07, 6.45) is 0.360. The van der Waals surface area contributed by atoms with Gasteiger partial charge in [-0.3, -0.25) is 4.79 Å². The number of rotatable bonds is 6. The van der Waals surface area contributed by atoms with Crippen molar-refractivity contribution in [3.63, 3.8) is 0 Å². The van der Waals surface area contributed by atoms with Crippen LogP contribution in [0.2, 0.25) is 0 Å². The lowest BCUT2D eigenvalue weighted by molar-refractivity contribution is -0.123. The zero-order chi connectivity index (χ0) is 21.1. The molecule has 0 radical (unpaired) electrons. The van der Waals surface area contributed by atoms with Gasteiger partial charge in [0.1, 0.15) is 17.4 Å². The Labute approximate surface area is 166 Å². The topological polar surface area (TPSA) is 73.5 Å². The predicted octanol–water partition coefficient (Wildman–Crippen LogP) is 4.21. The molecule has 1 aromatic carbocycles. The molecule has 2 heterocycles. The fourth-order valence-corrected chi connectivity index (χ4v) is 2.91. The van der Waals surface area contributed by atoms with Gasteiger partial charge in [-0.1, -0.05) is 0 Å². The molecular weight excluding hydrogens is 382 g/mol. The summed E-state index contributed by atoms with van der Waals surface area (Å²) in [4.78, 5) is 24.8. The highest BCUT2D eigenvalue weighted by Gasteiger charge is 2.23. The van der Waals surface area contributed by atoms with Gasteiger partial charge < -0.3 is 19.0 Å². The number of aromatic nitrogens is 1. The number of hydrogen-bond acceptors (Lipinski definition) is 4. The van der Waals surface area contributed by atoms with E-state index in [1.807, 2.05) is 17.6 Å². The molecule has 0 saturated carbocycles. The Morgan fingerprint density at radius 1 is 1.21 bits per heavy atom. The summed E-state index contributed by atoms with van der Waals surface area (Å²) >= 11 is 0. The van der Waals surface area contributed by atoms with Crippen molar-refractivity contribution in [1.82, 2.24) is 4.57 Å². The van der Waals surface area contributed by atoms with E-state index < -0.39 is 29.6 Å². The maximum absolute atomic E-state index is 13.7. The van der Waals surface area contributed by atoms with Crippen molar-refractivity contribution < 1.29 is 27.5 Å². The number of benzene rings is 1. The standard InChI is InChI=1S/C21H20F2N2O4/c1-12-9-17(13(2)25(12)11-16-5-4-8-28-16)21(27)29-14(3)20(26)24-19-10-15(22)6-7-18(19)23/h4-10,14H,11H2,1-3H3,(H,24,26)/t14-/m1/s1. The fourth-order valence-electron chi connectivity index (χ4n) is 2.91. The monoisotopic (exact) mass is 402 g/mol. The number of carbonyl (C=O) groups excluding carboxylic acids is 2. The molecule has 0 aliphatic carbocycles. The van der Waals surface area contributed by atoms with Crippen molar-refractivity contribution in [3.05, 3.63) is 77.0 Å². The number of ether oxygens (including phenoxy) is 1. The molecule has 0 aliphatic heterocycles. The normalized spacial score (nSPS) is 11.9. The molecule has 3 rings (SSSR count). The zero-order valence-corrected chi connectivity index (χ0v) is 16.2. The Hall–Kier alpha value is -3.42. The Morgan fingerprint density at radius 2 is 1.97 bits per heavy atom. The molecule has 1 atom stereocenters. The average Bonchev–Trinajstić information content (AvgIpc) is 3.28. The Bertz CT molecular complexity index is 1040. The third-order valence-corrected chi connectivity index (χ3v) is 4.53. The molecule has 2 aromatic heterocycles. The van der Waals surface area contributed by atoms with Crippen LogP contribution in [0, 0.1) is 25.5 Å². The molecule has 0 spiro atoms. The van der Waals surface area contributed by atoms with Crippen molar-refractivity contribution in [1.29, 1.82) is 0 Å². The van der Waals surface area contributed by atoms with Crippen LogP contribution in [-0.2, 0) is 16.1 Å². The molecule has 1 N–H and O–H groups in total. The number of nitrogens with zero attached hydrogens (tertiary/aromatic N) is 1. The van der Waals surface area contributed by atoms with Crippen LogP contribution in [0.1, 0.15) is 34.4 Å². The highest BCUT2D eigenvalue weighted by atomic mass is 19.1. The number of aryl methyl sites for hydroxylation is 1. The molecule has 6 nitrogen and oxygen atoms in total. The number of nitrogens with one attached hydrogen (secondary N) is 1. The van der Waals surface area contributed by atoms with Crippen molar-refractivity contribution in [2.75, 3.05) is 5.32 Å². The van der Waals surface area contributed by atoms with Gasteiger partial charge in [0.2, 0.25) is 0 Å². The smallest absolute Gasteiger partial charge is 0.340 e. The van der Waals surface area contributed by atoms with Gasteiger partial charge in [-0.15, -0.1) is 0 Å². The lowest BCUT2D eigenvalue weighted by Crippen LogP contribution is -2.30. The van der Waals surface area contributed by atoms with Gasteiger partial charge in [-0.2, -0.15) is 0 Å². The van der Waals surface area contributed by atoms with E-state index in [0.29, 0.717) is 17.8 Å². The molecule has 29 heavy (non-hydrogen) atoms. The van der Waals surface area contributed by atoms with Crippen LogP contribution in [0.4, 0.5) is 14.5 Å². The Balaban J connectivity index is 1.69. The van der Waals surface area contributed by atoms with Gasteiger partial charge >= 0.3 is 5.97 Å². The third kappa shape index (κ3) is 4.53. The van der Waals surface area contributed by atoms with Crippen LogP contribution in [0.5, 0.6) is 0 Å². The number of furan rings is 1. The third-order valence-electron chi connectivity index (χ3n) is 4.53. The quantitative estimate of drug-likeness (QED) is 0.627. The molecule has 152 valence electrons. The predicted molar refractivity (Wildman–Crippen MR) is 102 cm³/mol. The van der Waals surface area contributed by atoms with Crippen LogP contribution in [-0.4, -0.2) is 22.5 Å². The summed E-state index contributed by atoms with van der Waals surface area (Å²) in [6.45, 7) is 5.41. The molecule has 0 fully saturated rings. The second kappa shape index (κ2) is 8.30. The van der Waals surface area contributed by atoms with Gasteiger partial charge in [0.15, 0.2) is 6.10 Å². The molecule has 0 saturated heterocycles. The summed E-state index contributed by atoms with van der Waals surface area (Å²) in [5.74, 6) is -2.22. The highest BCUT2D eigenvalue weighted by molar-refractivity contribution is 5.97. The van der Waals surface area contributed by atoms with E-state index in [1.54, 1.807) is 25.3 Å². The number of esters is 1. The first-order valence-electron chi connectivity index (χ1n) is 8.92.